The summed E-state index contributed by atoms with van der Waals surface area (Å²) >= 11 is 0. The molecule has 0 aliphatic rings. The Hall–Kier alpha value is -2.25. The van der Waals surface area contributed by atoms with Gasteiger partial charge in [0.05, 0.1) is 0 Å². The van der Waals surface area contributed by atoms with Gasteiger partial charge in [-0.05, 0) is 20.3 Å². The van der Waals surface area contributed by atoms with Crippen molar-refractivity contribution in [2.45, 2.75) is 33.2 Å². The number of nitrogens with zero attached hydrogens (tertiary/aromatic N) is 7. The van der Waals surface area contributed by atoms with Crippen molar-refractivity contribution >= 4 is 11.9 Å². The van der Waals surface area contributed by atoms with Gasteiger partial charge in [-0.1, -0.05) is 6.92 Å². The van der Waals surface area contributed by atoms with Crippen molar-refractivity contribution in [3.8, 4) is 5.95 Å². The SMILES string of the molecule is CCNc1nc(N(C)C(C)CC)nc(-n2cncn2)n1. The molecule has 1 N–H and O–H groups in total. The molecule has 0 radical (unpaired) electrons. The Labute approximate surface area is 118 Å². The second kappa shape index (κ2) is 6.27. The van der Waals surface area contributed by atoms with E-state index in [2.05, 4.69) is 44.2 Å². The largest absolute Gasteiger partial charge is 0.354 e. The highest BCUT2D eigenvalue weighted by Gasteiger charge is 2.15. The minimum Gasteiger partial charge on any atom is -0.354 e. The molecule has 0 aliphatic heterocycles. The lowest BCUT2D eigenvalue weighted by molar-refractivity contribution is 0.643. The van der Waals surface area contributed by atoms with Gasteiger partial charge in [0.15, 0.2) is 0 Å². The molecule has 1 unspecified atom stereocenters. The minimum absolute atomic E-state index is 0.343. The van der Waals surface area contributed by atoms with Crippen LogP contribution in [0.2, 0.25) is 0 Å². The van der Waals surface area contributed by atoms with Crippen molar-refractivity contribution in [2.24, 2.45) is 0 Å². The lowest BCUT2D eigenvalue weighted by atomic mass is 10.2. The summed E-state index contributed by atoms with van der Waals surface area (Å²) in [5, 5.41) is 7.17. The summed E-state index contributed by atoms with van der Waals surface area (Å²) in [6.07, 6.45) is 4.03. The first-order valence-corrected chi connectivity index (χ1v) is 6.73. The maximum absolute atomic E-state index is 4.45. The van der Waals surface area contributed by atoms with Crippen LogP contribution in [-0.4, -0.2) is 49.4 Å². The molecule has 2 heterocycles. The molecular weight excluding hydrogens is 256 g/mol. The third kappa shape index (κ3) is 3.01. The Kier molecular flexibility index (Phi) is 4.44. The van der Waals surface area contributed by atoms with Crippen LogP contribution < -0.4 is 10.2 Å². The summed E-state index contributed by atoms with van der Waals surface area (Å²) in [4.78, 5) is 19.2. The Morgan fingerprint density at radius 2 is 2.10 bits per heavy atom. The van der Waals surface area contributed by atoms with Gasteiger partial charge in [0.2, 0.25) is 11.9 Å². The quantitative estimate of drug-likeness (QED) is 0.846. The highest BCUT2D eigenvalue weighted by atomic mass is 15.4. The summed E-state index contributed by atoms with van der Waals surface area (Å²) in [5.74, 6) is 1.62. The summed E-state index contributed by atoms with van der Waals surface area (Å²) in [7, 11) is 1.98. The number of anilines is 2. The molecule has 0 saturated heterocycles. The van der Waals surface area contributed by atoms with Crippen LogP contribution in [0, 0.1) is 0 Å². The number of hydrogen-bond acceptors (Lipinski definition) is 7. The van der Waals surface area contributed by atoms with E-state index in [1.165, 1.54) is 11.0 Å². The smallest absolute Gasteiger partial charge is 0.258 e. The fourth-order valence-corrected chi connectivity index (χ4v) is 1.63. The van der Waals surface area contributed by atoms with E-state index in [4.69, 9.17) is 0 Å². The normalized spacial score (nSPS) is 12.2. The highest BCUT2D eigenvalue weighted by Crippen LogP contribution is 2.14. The van der Waals surface area contributed by atoms with Crippen LogP contribution in [0.4, 0.5) is 11.9 Å². The van der Waals surface area contributed by atoms with Crippen LogP contribution in [0.3, 0.4) is 0 Å². The van der Waals surface area contributed by atoms with Crippen molar-refractivity contribution in [3.05, 3.63) is 12.7 Å². The van der Waals surface area contributed by atoms with Gasteiger partial charge in [0.25, 0.3) is 5.95 Å². The molecule has 8 nitrogen and oxygen atoms in total. The van der Waals surface area contributed by atoms with Crippen LogP contribution in [0.15, 0.2) is 12.7 Å². The molecule has 2 aromatic heterocycles. The van der Waals surface area contributed by atoms with E-state index in [-0.39, 0.29) is 0 Å². The van der Waals surface area contributed by atoms with Gasteiger partial charge in [-0.3, -0.25) is 0 Å². The third-order valence-corrected chi connectivity index (χ3v) is 3.14. The van der Waals surface area contributed by atoms with E-state index >= 15 is 0 Å². The first-order valence-electron chi connectivity index (χ1n) is 6.73. The van der Waals surface area contributed by atoms with Gasteiger partial charge < -0.3 is 10.2 Å². The second-order valence-electron chi connectivity index (χ2n) is 4.50. The zero-order valence-corrected chi connectivity index (χ0v) is 12.3. The number of rotatable bonds is 6. The second-order valence-corrected chi connectivity index (χ2v) is 4.50. The summed E-state index contributed by atoms with van der Waals surface area (Å²) in [5.41, 5.74) is 0. The van der Waals surface area contributed by atoms with Gasteiger partial charge in [-0.15, -0.1) is 0 Å². The van der Waals surface area contributed by atoms with Crippen LogP contribution in [0.1, 0.15) is 27.2 Å². The molecule has 0 aromatic carbocycles. The monoisotopic (exact) mass is 276 g/mol. The number of hydrogen-bond donors (Lipinski definition) is 1. The molecule has 0 fully saturated rings. The molecular formula is C12H20N8. The minimum atomic E-state index is 0.343. The Morgan fingerprint density at radius 3 is 2.70 bits per heavy atom. The van der Waals surface area contributed by atoms with E-state index in [1.54, 1.807) is 6.33 Å². The van der Waals surface area contributed by atoms with Crippen LogP contribution >= 0.6 is 0 Å². The molecule has 1 atom stereocenters. The van der Waals surface area contributed by atoms with Crippen LogP contribution in [0.25, 0.3) is 5.95 Å². The topological polar surface area (TPSA) is 84.7 Å². The molecule has 0 spiro atoms. The van der Waals surface area contributed by atoms with Crippen molar-refractivity contribution in [1.29, 1.82) is 0 Å². The van der Waals surface area contributed by atoms with E-state index < -0.39 is 0 Å². The van der Waals surface area contributed by atoms with Gasteiger partial charge in [-0.2, -0.15) is 24.7 Å². The standard InChI is InChI=1S/C12H20N8/c1-5-9(3)19(4)11-16-10(14-6-2)17-12(18-11)20-8-13-7-15-20/h7-9H,5-6H2,1-4H3,(H,14,16,17,18). The number of aromatic nitrogens is 6. The highest BCUT2D eigenvalue weighted by molar-refractivity contribution is 5.39. The first kappa shape index (κ1) is 14.2. The zero-order valence-electron chi connectivity index (χ0n) is 12.3. The lowest BCUT2D eigenvalue weighted by Gasteiger charge is -2.24. The summed E-state index contributed by atoms with van der Waals surface area (Å²) in [6.45, 7) is 7.00. The first-order chi connectivity index (χ1) is 9.65. The predicted octanol–water partition coefficient (Wildman–Crippen LogP) is 1.12. The van der Waals surface area contributed by atoms with Gasteiger partial charge in [0, 0.05) is 19.6 Å². The van der Waals surface area contributed by atoms with Crippen molar-refractivity contribution in [2.75, 3.05) is 23.8 Å². The van der Waals surface area contributed by atoms with Crippen molar-refractivity contribution < 1.29 is 0 Å². The number of nitrogens with one attached hydrogen (secondary N) is 1. The molecule has 8 heteroatoms. The lowest BCUT2D eigenvalue weighted by Crippen LogP contribution is -2.30. The zero-order chi connectivity index (χ0) is 14.5. The van der Waals surface area contributed by atoms with E-state index in [0.29, 0.717) is 23.9 Å². The average Bonchev–Trinajstić information content (AvgIpc) is 3.00. The van der Waals surface area contributed by atoms with Crippen LogP contribution in [-0.2, 0) is 0 Å². The predicted molar refractivity (Wildman–Crippen MR) is 77.1 cm³/mol. The van der Waals surface area contributed by atoms with Gasteiger partial charge in [0.1, 0.15) is 12.7 Å². The molecule has 2 aromatic rings. The molecule has 0 bridgehead atoms. The maximum atomic E-state index is 4.45. The van der Waals surface area contributed by atoms with E-state index in [0.717, 1.165) is 13.0 Å². The van der Waals surface area contributed by atoms with Crippen LogP contribution in [0.5, 0.6) is 0 Å². The molecule has 0 amide bonds. The fourth-order valence-electron chi connectivity index (χ4n) is 1.63. The van der Waals surface area contributed by atoms with Gasteiger partial charge in [-0.25, -0.2) is 4.98 Å². The Bertz CT molecular complexity index is 538. The van der Waals surface area contributed by atoms with E-state index in [9.17, 15) is 0 Å². The Morgan fingerprint density at radius 1 is 1.30 bits per heavy atom. The Balaban J connectivity index is 2.41. The summed E-state index contributed by atoms with van der Waals surface area (Å²) in [6, 6.07) is 0.343. The molecule has 108 valence electrons. The molecule has 2 rings (SSSR count). The van der Waals surface area contributed by atoms with Crippen molar-refractivity contribution in [1.82, 2.24) is 29.7 Å². The fraction of sp³-hybridized carbons (Fsp3) is 0.583. The third-order valence-electron chi connectivity index (χ3n) is 3.14. The molecule has 0 saturated carbocycles. The van der Waals surface area contributed by atoms with Crippen molar-refractivity contribution in [3.63, 3.8) is 0 Å². The molecule has 20 heavy (non-hydrogen) atoms. The summed E-state index contributed by atoms with van der Waals surface area (Å²) < 4.78 is 1.52. The maximum Gasteiger partial charge on any atom is 0.258 e. The van der Waals surface area contributed by atoms with E-state index in [1.807, 2.05) is 18.9 Å². The average molecular weight is 276 g/mol. The molecule has 0 aliphatic carbocycles. The van der Waals surface area contributed by atoms with Gasteiger partial charge >= 0.3 is 0 Å².